The summed E-state index contributed by atoms with van der Waals surface area (Å²) in [6.07, 6.45) is 0. The highest BCUT2D eigenvalue weighted by Crippen LogP contribution is 2.63. The second kappa shape index (κ2) is 3.66. The topological polar surface area (TPSA) is 83.0 Å². The van der Waals surface area contributed by atoms with Gasteiger partial charge in [-0.25, -0.2) is 4.98 Å². The number of H-pyrrole nitrogens is 1. The first-order valence-corrected chi connectivity index (χ1v) is 6.14. The maximum absolute atomic E-state index is 12.0. The van der Waals surface area contributed by atoms with Gasteiger partial charge in [0, 0.05) is 5.92 Å². The van der Waals surface area contributed by atoms with E-state index >= 15 is 0 Å². The summed E-state index contributed by atoms with van der Waals surface area (Å²) in [5.74, 6) is -1.09. The molecule has 2 unspecified atom stereocenters. The number of para-hydroxylation sites is 1. The van der Waals surface area contributed by atoms with Crippen molar-refractivity contribution in [2.24, 2.45) is 11.3 Å². The largest absolute Gasteiger partial charge is 0.481 e. The van der Waals surface area contributed by atoms with Crippen LogP contribution < -0.4 is 5.56 Å². The predicted octanol–water partition coefficient (Wildman–Crippen LogP) is 1.75. The van der Waals surface area contributed by atoms with Crippen LogP contribution >= 0.6 is 0 Å². The molecule has 0 amide bonds. The summed E-state index contributed by atoms with van der Waals surface area (Å²) >= 11 is 0. The Bertz CT molecular complexity index is 733. The van der Waals surface area contributed by atoms with E-state index in [1.165, 1.54) is 0 Å². The third-order valence-electron chi connectivity index (χ3n) is 4.02. The van der Waals surface area contributed by atoms with Crippen LogP contribution in [0.25, 0.3) is 10.9 Å². The number of aromatic amines is 1. The van der Waals surface area contributed by atoms with E-state index in [1.807, 2.05) is 19.9 Å². The molecule has 2 N–H and O–H groups in total. The molecule has 1 aromatic heterocycles. The number of hydrogen-bond donors (Lipinski definition) is 2. The molecule has 5 nitrogen and oxygen atoms in total. The summed E-state index contributed by atoms with van der Waals surface area (Å²) in [5.41, 5.74) is 0.0186. The molecule has 1 heterocycles. The van der Waals surface area contributed by atoms with E-state index in [-0.39, 0.29) is 16.9 Å². The Kier molecular flexibility index (Phi) is 2.29. The fraction of sp³-hybridized carbons (Fsp3) is 0.357. The monoisotopic (exact) mass is 258 g/mol. The number of nitrogens with zero attached hydrogens (tertiary/aromatic N) is 1. The van der Waals surface area contributed by atoms with Crippen LogP contribution in [0.3, 0.4) is 0 Å². The normalized spacial score (nSPS) is 24.3. The van der Waals surface area contributed by atoms with E-state index in [9.17, 15) is 14.7 Å². The second-order valence-electron chi connectivity index (χ2n) is 5.58. The standard InChI is InChI=1S/C14H14N2O3/c1-14(2)9(10(14)13(18)19)11-15-8-6-4-3-5-7(8)12(17)16-11/h3-6,9-10H,1-2H3,(H,18,19)(H,15,16,17). The van der Waals surface area contributed by atoms with Crippen molar-refractivity contribution in [1.29, 1.82) is 0 Å². The van der Waals surface area contributed by atoms with Crippen molar-refractivity contribution >= 4 is 16.9 Å². The van der Waals surface area contributed by atoms with E-state index < -0.39 is 11.9 Å². The molecular formula is C14H14N2O3. The van der Waals surface area contributed by atoms with E-state index in [2.05, 4.69) is 9.97 Å². The summed E-state index contributed by atoms with van der Waals surface area (Å²) < 4.78 is 0. The van der Waals surface area contributed by atoms with Gasteiger partial charge in [0.05, 0.1) is 16.8 Å². The minimum Gasteiger partial charge on any atom is -0.481 e. The zero-order chi connectivity index (χ0) is 13.8. The first-order chi connectivity index (χ1) is 8.93. The molecule has 0 saturated heterocycles. The molecule has 0 spiro atoms. The summed E-state index contributed by atoms with van der Waals surface area (Å²) in [7, 11) is 0. The maximum atomic E-state index is 12.0. The minimum atomic E-state index is -0.842. The van der Waals surface area contributed by atoms with Gasteiger partial charge in [-0.1, -0.05) is 26.0 Å². The zero-order valence-electron chi connectivity index (χ0n) is 10.7. The Balaban J connectivity index is 2.13. The van der Waals surface area contributed by atoms with Crippen molar-refractivity contribution in [3.05, 3.63) is 40.4 Å². The number of carboxylic acids is 1. The Labute approximate surface area is 109 Å². The van der Waals surface area contributed by atoms with Crippen molar-refractivity contribution < 1.29 is 9.90 Å². The first kappa shape index (κ1) is 11.9. The second-order valence-corrected chi connectivity index (χ2v) is 5.58. The zero-order valence-corrected chi connectivity index (χ0v) is 10.7. The van der Waals surface area contributed by atoms with E-state index in [4.69, 9.17) is 0 Å². The van der Waals surface area contributed by atoms with Gasteiger partial charge in [-0.2, -0.15) is 0 Å². The van der Waals surface area contributed by atoms with Crippen LogP contribution in [0.15, 0.2) is 29.1 Å². The highest BCUT2D eigenvalue weighted by atomic mass is 16.4. The quantitative estimate of drug-likeness (QED) is 0.859. The van der Waals surface area contributed by atoms with Crippen molar-refractivity contribution in [1.82, 2.24) is 9.97 Å². The highest BCUT2D eigenvalue weighted by molar-refractivity contribution is 5.79. The molecule has 1 fully saturated rings. The summed E-state index contributed by atoms with van der Waals surface area (Å²) in [4.78, 5) is 30.3. The van der Waals surface area contributed by atoms with Crippen LogP contribution in [-0.2, 0) is 4.79 Å². The summed E-state index contributed by atoms with van der Waals surface area (Å²) in [6, 6.07) is 7.06. The molecule has 1 aliphatic rings. The lowest BCUT2D eigenvalue weighted by Gasteiger charge is -2.03. The van der Waals surface area contributed by atoms with Gasteiger partial charge >= 0.3 is 5.97 Å². The number of carbonyl (C=O) groups is 1. The van der Waals surface area contributed by atoms with Gasteiger partial charge in [0.25, 0.3) is 5.56 Å². The maximum Gasteiger partial charge on any atom is 0.307 e. The lowest BCUT2D eigenvalue weighted by Crippen LogP contribution is -2.12. The lowest BCUT2D eigenvalue weighted by molar-refractivity contribution is -0.139. The minimum absolute atomic E-state index is 0.215. The number of benzene rings is 1. The van der Waals surface area contributed by atoms with Crippen molar-refractivity contribution in [3.63, 3.8) is 0 Å². The van der Waals surface area contributed by atoms with Crippen molar-refractivity contribution in [3.8, 4) is 0 Å². The van der Waals surface area contributed by atoms with E-state index in [1.54, 1.807) is 18.2 Å². The average molecular weight is 258 g/mol. The molecule has 1 aromatic carbocycles. The van der Waals surface area contributed by atoms with Crippen LogP contribution in [0.4, 0.5) is 0 Å². The smallest absolute Gasteiger partial charge is 0.307 e. The molecule has 0 radical (unpaired) electrons. The van der Waals surface area contributed by atoms with Crippen LogP contribution in [-0.4, -0.2) is 21.0 Å². The Morgan fingerprint density at radius 2 is 2.05 bits per heavy atom. The molecule has 2 atom stereocenters. The summed E-state index contributed by atoms with van der Waals surface area (Å²) in [6.45, 7) is 3.76. The third kappa shape index (κ3) is 1.65. The van der Waals surface area contributed by atoms with Crippen LogP contribution in [0.5, 0.6) is 0 Å². The van der Waals surface area contributed by atoms with Crippen molar-refractivity contribution in [2.75, 3.05) is 0 Å². The molecule has 0 aliphatic heterocycles. The fourth-order valence-corrected chi connectivity index (χ4v) is 2.86. The molecular weight excluding hydrogens is 244 g/mol. The molecule has 2 aromatic rings. The molecule has 98 valence electrons. The van der Waals surface area contributed by atoms with Crippen molar-refractivity contribution in [2.45, 2.75) is 19.8 Å². The van der Waals surface area contributed by atoms with Gasteiger partial charge in [-0.15, -0.1) is 0 Å². The number of aliphatic carboxylic acids is 1. The van der Waals surface area contributed by atoms with Gasteiger partial charge in [-0.05, 0) is 17.5 Å². The van der Waals surface area contributed by atoms with Gasteiger partial charge in [-0.3, -0.25) is 9.59 Å². The van der Waals surface area contributed by atoms with Crippen LogP contribution in [0.2, 0.25) is 0 Å². The molecule has 3 rings (SSSR count). The first-order valence-electron chi connectivity index (χ1n) is 6.14. The fourth-order valence-electron chi connectivity index (χ4n) is 2.86. The SMILES string of the molecule is CC1(C)C(C(=O)O)C1c1nc2ccccc2c(=O)[nH]1. The van der Waals surface area contributed by atoms with Gasteiger partial charge < -0.3 is 10.1 Å². The Morgan fingerprint density at radius 3 is 2.68 bits per heavy atom. The molecule has 0 bridgehead atoms. The van der Waals surface area contributed by atoms with Crippen LogP contribution in [0.1, 0.15) is 25.6 Å². The molecule has 1 saturated carbocycles. The van der Waals surface area contributed by atoms with E-state index in [0.717, 1.165) is 0 Å². The lowest BCUT2D eigenvalue weighted by atomic mass is 10.1. The molecule has 1 aliphatic carbocycles. The molecule has 5 heteroatoms. The Morgan fingerprint density at radius 1 is 1.37 bits per heavy atom. The number of fused-ring (bicyclic) bond motifs is 1. The summed E-state index contributed by atoms with van der Waals surface area (Å²) in [5, 5.41) is 9.71. The van der Waals surface area contributed by atoms with Gasteiger partial charge in [0.1, 0.15) is 5.82 Å². The predicted molar refractivity (Wildman–Crippen MR) is 70.0 cm³/mol. The number of carboxylic acid groups (broad SMARTS) is 1. The Hall–Kier alpha value is -2.17. The van der Waals surface area contributed by atoms with E-state index in [0.29, 0.717) is 16.7 Å². The van der Waals surface area contributed by atoms with Gasteiger partial charge in [0.15, 0.2) is 0 Å². The number of nitrogens with one attached hydrogen (secondary N) is 1. The number of aromatic nitrogens is 2. The highest BCUT2D eigenvalue weighted by Gasteiger charge is 2.64. The van der Waals surface area contributed by atoms with Gasteiger partial charge in [0.2, 0.25) is 0 Å². The number of hydrogen-bond acceptors (Lipinski definition) is 3. The van der Waals surface area contributed by atoms with Crippen LogP contribution in [0, 0.1) is 11.3 Å². The average Bonchev–Trinajstić information content (AvgIpc) is 2.92. The number of rotatable bonds is 2. The molecule has 19 heavy (non-hydrogen) atoms. The third-order valence-corrected chi connectivity index (χ3v) is 4.02.